The van der Waals surface area contributed by atoms with Gasteiger partial charge in [0.2, 0.25) is 5.91 Å². The summed E-state index contributed by atoms with van der Waals surface area (Å²) in [5.74, 6) is 1.73. The minimum absolute atomic E-state index is 0.169. The van der Waals surface area contributed by atoms with Crippen molar-refractivity contribution in [1.29, 1.82) is 0 Å². The molecule has 4 nitrogen and oxygen atoms in total. The highest BCUT2D eigenvalue weighted by Crippen LogP contribution is 2.22. The number of benzene rings is 2. The standard InChI is InChI=1S/C23H30N2O2/c1-24(17-21-10-6-7-11-22(21)27-2)23(26)18-25-14-12-20(13-15-25)16-19-8-4-3-5-9-19/h3-11,20H,12-18H2,1-2H3. The first-order chi connectivity index (χ1) is 13.2. The summed E-state index contributed by atoms with van der Waals surface area (Å²) in [6.45, 7) is 3.09. The van der Waals surface area contributed by atoms with Gasteiger partial charge in [0.1, 0.15) is 5.75 Å². The molecule has 0 saturated carbocycles. The molecule has 0 bridgehead atoms. The van der Waals surface area contributed by atoms with Crippen molar-refractivity contribution in [2.24, 2.45) is 5.92 Å². The van der Waals surface area contributed by atoms with Gasteiger partial charge in [-0.05, 0) is 49.9 Å². The highest BCUT2D eigenvalue weighted by atomic mass is 16.5. The molecule has 1 aliphatic heterocycles. The maximum Gasteiger partial charge on any atom is 0.236 e. The Morgan fingerprint density at radius 2 is 1.74 bits per heavy atom. The molecule has 0 spiro atoms. The molecular formula is C23H30N2O2. The van der Waals surface area contributed by atoms with Gasteiger partial charge in [0, 0.05) is 19.2 Å². The third kappa shape index (κ3) is 5.57. The highest BCUT2D eigenvalue weighted by molar-refractivity contribution is 5.78. The van der Waals surface area contributed by atoms with Crippen molar-refractivity contribution in [2.75, 3.05) is 33.8 Å². The molecule has 1 amide bonds. The van der Waals surface area contributed by atoms with Crippen LogP contribution in [0.25, 0.3) is 0 Å². The maximum absolute atomic E-state index is 12.6. The molecule has 0 N–H and O–H groups in total. The molecule has 2 aromatic carbocycles. The summed E-state index contributed by atoms with van der Waals surface area (Å²) in [6, 6.07) is 18.6. The monoisotopic (exact) mass is 366 g/mol. The van der Waals surface area contributed by atoms with Crippen LogP contribution in [0.1, 0.15) is 24.0 Å². The average Bonchev–Trinajstić information content (AvgIpc) is 2.70. The smallest absolute Gasteiger partial charge is 0.236 e. The SMILES string of the molecule is COc1ccccc1CN(C)C(=O)CN1CCC(Cc2ccccc2)CC1. The van der Waals surface area contributed by atoms with Crippen molar-refractivity contribution in [3.63, 3.8) is 0 Å². The number of ether oxygens (including phenoxy) is 1. The van der Waals surface area contributed by atoms with Crippen LogP contribution >= 0.6 is 0 Å². The van der Waals surface area contributed by atoms with Crippen molar-refractivity contribution < 1.29 is 9.53 Å². The molecule has 1 fully saturated rings. The second kappa shape index (κ2) is 9.56. The van der Waals surface area contributed by atoms with E-state index in [1.54, 1.807) is 12.0 Å². The van der Waals surface area contributed by atoms with E-state index in [-0.39, 0.29) is 5.91 Å². The van der Waals surface area contributed by atoms with Crippen LogP contribution in [0.3, 0.4) is 0 Å². The summed E-state index contributed by atoms with van der Waals surface area (Å²) < 4.78 is 5.39. The molecule has 0 aromatic heterocycles. The Hall–Kier alpha value is -2.33. The maximum atomic E-state index is 12.6. The summed E-state index contributed by atoms with van der Waals surface area (Å²) in [6.07, 6.45) is 3.48. The van der Waals surface area contributed by atoms with Gasteiger partial charge in [-0.15, -0.1) is 0 Å². The van der Waals surface area contributed by atoms with Gasteiger partial charge in [-0.2, -0.15) is 0 Å². The second-order valence-corrected chi connectivity index (χ2v) is 7.47. The molecule has 3 rings (SSSR count). The van der Waals surface area contributed by atoms with Gasteiger partial charge in [0.25, 0.3) is 0 Å². The molecule has 0 unspecified atom stereocenters. The number of hydrogen-bond donors (Lipinski definition) is 0. The molecule has 27 heavy (non-hydrogen) atoms. The number of carbonyl (C=O) groups excluding carboxylic acids is 1. The fourth-order valence-corrected chi connectivity index (χ4v) is 3.79. The van der Waals surface area contributed by atoms with Crippen LogP contribution in [0.15, 0.2) is 54.6 Å². The molecule has 0 aliphatic carbocycles. The van der Waals surface area contributed by atoms with E-state index in [0.717, 1.165) is 36.7 Å². The van der Waals surface area contributed by atoms with E-state index in [9.17, 15) is 4.79 Å². The van der Waals surface area contributed by atoms with Crippen LogP contribution in [0, 0.1) is 5.92 Å². The van der Waals surface area contributed by atoms with E-state index in [0.29, 0.717) is 13.1 Å². The third-order valence-electron chi connectivity index (χ3n) is 5.46. The Kier molecular flexibility index (Phi) is 6.88. The number of nitrogens with zero attached hydrogens (tertiary/aromatic N) is 2. The summed E-state index contributed by atoms with van der Waals surface area (Å²) in [7, 11) is 3.54. The zero-order chi connectivity index (χ0) is 19.1. The first-order valence-corrected chi connectivity index (χ1v) is 9.78. The van der Waals surface area contributed by atoms with Crippen LogP contribution < -0.4 is 4.74 Å². The van der Waals surface area contributed by atoms with E-state index in [2.05, 4.69) is 35.2 Å². The summed E-state index contributed by atoms with van der Waals surface area (Å²) in [4.78, 5) is 16.7. The van der Waals surface area contributed by atoms with Crippen molar-refractivity contribution in [2.45, 2.75) is 25.8 Å². The van der Waals surface area contributed by atoms with E-state index < -0.39 is 0 Å². The van der Waals surface area contributed by atoms with E-state index in [1.165, 1.54) is 18.4 Å². The van der Waals surface area contributed by atoms with Crippen molar-refractivity contribution >= 4 is 5.91 Å². The normalized spacial score (nSPS) is 15.5. The Morgan fingerprint density at radius 3 is 2.44 bits per heavy atom. The van der Waals surface area contributed by atoms with Gasteiger partial charge in [-0.1, -0.05) is 48.5 Å². The quantitative estimate of drug-likeness (QED) is 0.750. The van der Waals surface area contributed by atoms with E-state index >= 15 is 0 Å². The minimum atomic E-state index is 0.169. The van der Waals surface area contributed by atoms with Crippen molar-refractivity contribution in [3.8, 4) is 5.75 Å². The summed E-state index contributed by atoms with van der Waals surface area (Å²) in [5.41, 5.74) is 2.46. The Labute approximate surface area is 162 Å². The predicted molar refractivity (Wildman–Crippen MR) is 109 cm³/mol. The third-order valence-corrected chi connectivity index (χ3v) is 5.46. The number of rotatable bonds is 7. The average molecular weight is 367 g/mol. The Bertz CT molecular complexity index is 724. The molecular weight excluding hydrogens is 336 g/mol. The lowest BCUT2D eigenvalue weighted by Crippen LogP contribution is -2.42. The number of likely N-dealkylation sites (N-methyl/N-ethyl adjacent to an activating group) is 1. The first-order valence-electron chi connectivity index (χ1n) is 9.78. The van der Waals surface area contributed by atoms with E-state index in [4.69, 9.17) is 4.74 Å². The van der Waals surface area contributed by atoms with Gasteiger partial charge in [-0.3, -0.25) is 9.69 Å². The molecule has 2 aromatic rings. The van der Waals surface area contributed by atoms with Crippen LogP contribution in [0.4, 0.5) is 0 Å². The fraction of sp³-hybridized carbons (Fsp3) is 0.435. The number of para-hydroxylation sites is 1. The number of amides is 1. The van der Waals surface area contributed by atoms with Crippen molar-refractivity contribution in [1.82, 2.24) is 9.80 Å². The lowest BCUT2D eigenvalue weighted by Gasteiger charge is -2.32. The Morgan fingerprint density at radius 1 is 1.07 bits per heavy atom. The Balaban J connectivity index is 1.45. The van der Waals surface area contributed by atoms with Crippen molar-refractivity contribution in [3.05, 3.63) is 65.7 Å². The van der Waals surface area contributed by atoms with Crippen LogP contribution in [-0.2, 0) is 17.8 Å². The lowest BCUT2D eigenvalue weighted by atomic mass is 9.90. The number of carbonyl (C=O) groups is 1. The van der Waals surface area contributed by atoms with Gasteiger partial charge in [0.15, 0.2) is 0 Å². The van der Waals surface area contributed by atoms with Crippen LogP contribution in [0.2, 0.25) is 0 Å². The molecule has 0 radical (unpaired) electrons. The molecule has 1 heterocycles. The number of hydrogen-bond acceptors (Lipinski definition) is 3. The fourth-order valence-electron chi connectivity index (χ4n) is 3.79. The van der Waals surface area contributed by atoms with Crippen LogP contribution in [-0.4, -0.2) is 49.5 Å². The minimum Gasteiger partial charge on any atom is -0.496 e. The first kappa shape index (κ1) is 19.4. The number of methoxy groups -OCH3 is 1. The summed E-state index contributed by atoms with van der Waals surface area (Å²) >= 11 is 0. The molecule has 1 saturated heterocycles. The summed E-state index contributed by atoms with van der Waals surface area (Å²) in [5, 5.41) is 0. The predicted octanol–water partition coefficient (Wildman–Crippen LogP) is 3.61. The highest BCUT2D eigenvalue weighted by Gasteiger charge is 2.22. The topological polar surface area (TPSA) is 32.8 Å². The molecule has 0 atom stereocenters. The number of likely N-dealkylation sites (tertiary alicyclic amines) is 1. The van der Waals surface area contributed by atoms with Gasteiger partial charge >= 0.3 is 0 Å². The zero-order valence-electron chi connectivity index (χ0n) is 16.4. The second-order valence-electron chi connectivity index (χ2n) is 7.47. The zero-order valence-corrected chi connectivity index (χ0v) is 16.4. The molecule has 1 aliphatic rings. The molecule has 4 heteroatoms. The lowest BCUT2D eigenvalue weighted by molar-refractivity contribution is -0.132. The van der Waals surface area contributed by atoms with Crippen LogP contribution in [0.5, 0.6) is 5.75 Å². The van der Waals surface area contributed by atoms with Gasteiger partial charge < -0.3 is 9.64 Å². The largest absolute Gasteiger partial charge is 0.496 e. The van der Waals surface area contributed by atoms with Gasteiger partial charge in [0.05, 0.1) is 13.7 Å². The molecule has 144 valence electrons. The van der Waals surface area contributed by atoms with E-state index in [1.807, 2.05) is 31.3 Å². The number of piperidine rings is 1. The van der Waals surface area contributed by atoms with Gasteiger partial charge in [-0.25, -0.2) is 0 Å².